The maximum Gasteiger partial charge on any atom is 0.109 e. The molecular formula is C10H18ClN3S2. The van der Waals surface area contributed by atoms with Crippen molar-refractivity contribution in [3.63, 3.8) is 0 Å². The molecule has 0 aromatic rings. The molecule has 2 rings (SSSR count). The smallest absolute Gasteiger partial charge is 0.109 e. The maximum absolute atomic E-state index is 6.27. The minimum atomic E-state index is 0.359. The van der Waals surface area contributed by atoms with Gasteiger partial charge in [-0.3, -0.25) is 5.01 Å². The Balaban J connectivity index is 2.03. The third-order valence-corrected chi connectivity index (χ3v) is 5.63. The lowest BCUT2D eigenvalue weighted by Gasteiger charge is -2.39. The van der Waals surface area contributed by atoms with Crippen molar-refractivity contribution in [1.29, 1.82) is 0 Å². The summed E-state index contributed by atoms with van der Waals surface area (Å²) in [7, 11) is 3.34. The van der Waals surface area contributed by atoms with Crippen LogP contribution >= 0.6 is 33.4 Å². The second kappa shape index (κ2) is 5.83. The van der Waals surface area contributed by atoms with Gasteiger partial charge < -0.3 is 0 Å². The lowest BCUT2D eigenvalue weighted by Crippen LogP contribution is -2.41. The Morgan fingerprint density at radius 3 is 2.88 bits per heavy atom. The van der Waals surface area contributed by atoms with Crippen molar-refractivity contribution in [3.05, 3.63) is 0 Å². The van der Waals surface area contributed by atoms with Crippen LogP contribution in [0, 0.1) is 5.92 Å². The first-order valence-electron chi connectivity index (χ1n) is 5.84. The van der Waals surface area contributed by atoms with Crippen molar-refractivity contribution in [2.75, 3.05) is 0 Å². The second-order valence-corrected chi connectivity index (χ2v) is 7.36. The molecule has 0 bridgehead atoms. The van der Waals surface area contributed by atoms with Crippen molar-refractivity contribution < 1.29 is 0 Å². The number of hydrogen-bond donors (Lipinski definition) is 0. The number of nitrogens with zero attached hydrogens (tertiary/aromatic N) is 3. The van der Waals surface area contributed by atoms with Gasteiger partial charge in [-0.25, -0.2) is 0 Å². The summed E-state index contributed by atoms with van der Waals surface area (Å²) in [6.07, 6.45) is 4.83. The standard InChI is InChI=1S/C10H18ClN3S2/c1-7(2)14-10(15-16-13-12-14)8-4-3-5-9(11)6-8/h7-10H,3-6H2,1-2H3. The van der Waals surface area contributed by atoms with E-state index < -0.39 is 0 Å². The van der Waals surface area contributed by atoms with E-state index in [2.05, 4.69) is 28.6 Å². The average molecular weight is 280 g/mol. The molecule has 1 fully saturated rings. The highest BCUT2D eigenvalue weighted by molar-refractivity contribution is 8.76. The average Bonchev–Trinajstić information content (AvgIpc) is 2.29. The molecule has 3 atom stereocenters. The van der Waals surface area contributed by atoms with Gasteiger partial charge in [0.1, 0.15) is 5.37 Å². The molecule has 0 spiro atoms. The molecule has 1 saturated carbocycles. The number of alkyl halides is 1. The Morgan fingerprint density at radius 1 is 1.38 bits per heavy atom. The SMILES string of the molecule is CC(C)N1N=NSSC1C1CCCC(Cl)C1. The molecule has 1 aliphatic heterocycles. The van der Waals surface area contributed by atoms with Crippen LogP contribution in [0.1, 0.15) is 39.5 Å². The summed E-state index contributed by atoms with van der Waals surface area (Å²) in [5.41, 5.74) is 0. The van der Waals surface area contributed by atoms with E-state index in [0.29, 0.717) is 22.7 Å². The Bertz CT molecular complexity index is 262. The lowest BCUT2D eigenvalue weighted by atomic mass is 9.88. The summed E-state index contributed by atoms with van der Waals surface area (Å²) in [5.74, 6) is 0.662. The van der Waals surface area contributed by atoms with Crippen LogP contribution in [0.5, 0.6) is 0 Å². The second-order valence-electron chi connectivity index (χ2n) is 4.73. The van der Waals surface area contributed by atoms with Crippen LogP contribution in [0.2, 0.25) is 0 Å². The molecule has 0 aromatic heterocycles. The first kappa shape index (κ1) is 12.8. The fraction of sp³-hybridized carbons (Fsp3) is 1.00. The summed E-state index contributed by atoms with van der Waals surface area (Å²) in [4.78, 5) is 0. The molecule has 3 unspecified atom stereocenters. The van der Waals surface area contributed by atoms with Gasteiger partial charge in [0.25, 0.3) is 0 Å². The zero-order valence-corrected chi connectivity index (χ0v) is 12.1. The van der Waals surface area contributed by atoms with Gasteiger partial charge in [-0.05, 0) is 49.8 Å². The van der Waals surface area contributed by atoms with Crippen molar-refractivity contribution in [2.45, 2.75) is 56.3 Å². The van der Waals surface area contributed by atoms with E-state index in [4.69, 9.17) is 11.6 Å². The molecule has 2 aliphatic rings. The van der Waals surface area contributed by atoms with Gasteiger partial charge in [-0.15, -0.1) is 11.6 Å². The van der Waals surface area contributed by atoms with Gasteiger partial charge >= 0.3 is 0 Å². The van der Waals surface area contributed by atoms with Crippen LogP contribution in [0.15, 0.2) is 9.74 Å². The highest BCUT2D eigenvalue weighted by Gasteiger charge is 2.35. The van der Waals surface area contributed by atoms with Gasteiger partial charge in [0.05, 0.1) is 11.0 Å². The Labute approximate surface area is 110 Å². The highest BCUT2D eigenvalue weighted by atomic mass is 35.5. The minimum Gasteiger partial charge on any atom is -0.261 e. The number of hydrogen-bond acceptors (Lipinski definition) is 5. The quantitative estimate of drug-likeness (QED) is 0.423. The first-order chi connectivity index (χ1) is 7.68. The molecule has 1 heterocycles. The summed E-state index contributed by atoms with van der Waals surface area (Å²) < 4.78 is 4.04. The molecule has 0 N–H and O–H groups in total. The van der Waals surface area contributed by atoms with E-state index in [1.54, 1.807) is 0 Å². The summed E-state index contributed by atoms with van der Waals surface area (Å²) >= 11 is 6.27. The van der Waals surface area contributed by atoms with E-state index >= 15 is 0 Å². The Hall–Kier alpha value is 0.390. The molecule has 3 nitrogen and oxygen atoms in total. The summed E-state index contributed by atoms with van der Waals surface area (Å²) in [6, 6.07) is 0.415. The molecule has 0 aromatic carbocycles. The zero-order valence-electron chi connectivity index (χ0n) is 9.67. The largest absolute Gasteiger partial charge is 0.261 e. The molecule has 6 heteroatoms. The lowest BCUT2D eigenvalue weighted by molar-refractivity contribution is 0.140. The Kier molecular flexibility index (Phi) is 4.67. The van der Waals surface area contributed by atoms with Crippen molar-refractivity contribution >= 4 is 33.4 Å². The predicted octanol–water partition coefficient (Wildman–Crippen LogP) is 4.50. The Morgan fingerprint density at radius 2 is 2.19 bits per heavy atom. The van der Waals surface area contributed by atoms with Crippen LogP contribution in [0.25, 0.3) is 0 Å². The fourth-order valence-corrected chi connectivity index (χ4v) is 4.94. The minimum absolute atomic E-state index is 0.359. The molecule has 0 amide bonds. The summed E-state index contributed by atoms with van der Waals surface area (Å²) in [5, 5.41) is 7.21. The number of rotatable bonds is 2. The van der Waals surface area contributed by atoms with Crippen molar-refractivity contribution in [1.82, 2.24) is 5.01 Å². The van der Waals surface area contributed by atoms with Crippen LogP contribution in [0.4, 0.5) is 0 Å². The van der Waals surface area contributed by atoms with E-state index in [0.717, 1.165) is 6.42 Å². The van der Waals surface area contributed by atoms with Gasteiger partial charge in [-0.2, -0.15) is 0 Å². The van der Waals surface area contributed by atoms with E-state index in [1.807, 2.05) is 10.8 Å². The van der Waals surface area contributed by atoms with Gasteiger partial charge in [0.2, 0.25) is 0 Å². The maximum atomic E-state index is 6.27. The monoisotopic (exact) mass is 279 g/mol. The van der Waals surface area contributed by atoms with E-state index in [-0.39, 0.29) is 0 Å². The molecule has 0 radical (unpaired) electrons. The third-order valence-electron chi connectivity index (χ3n) is 3.16. The van der Waals surface area contributed by atoms with Gasteiger partial charge in [0, 0.05) is 11.4 Å². The summed E-state index contributed by atoms with van der Waals surface area (Å²) in [6.45, 7) is 4.34. The fourth-order valence-electron chi connectivity index (χ4n) is 2.33. The molecule has 92 valence electrons. The van der Waals surface area contributed by atoms with Gasteiger partial charge in [-0.1, -0.05) is 16.2 Å². The van der Waals surface area contributed by atoms with Crippen LogP contribution < -0.4 is 0 Å². The van der Waals surface area contributed by atoms with Crippen LogP contribution in [-0.4, -0.2) is 21.8 Å². The van der Waals surface area contributed by atoms with Gasteiger partial charge in [0.15, 0.2) is 0 Å². The highest BCUT2D eigenvalue weighted by Crippen LogP contribution is 2.44. The van der Waals surface area contributed by atoms with Crippen molar-refractivity contribution in [2.24, 2.45) is 15.7 Å². The van der Waals surface area contributed by atoms with E-state index in [9.17, 15) is 0 Å². The number of halogens is 1. The van der Waals surface area contributed by atoms with Crippen LogP contribution in [0.3, 0.4) is 0 Å². The van der Waals surface area contributed by atoms with Crippen LogP contribution in [-0.2, 0) is 0 Å². The normalized spacial score (nSPS) is 35.8. The molecule has 1 aliphatic carbocycles. The third kappa shape index (κ3) is 2.99. The van der Waals surface area contributed by atoms with Crippen molar-refractivity contribution in [3.8, 4) is 0 Å². The predicted molar refractivity (Wildman–Crippen MR) is 72.4 cm³/mol. The topological polar surface area (TPSA) is 28.0 Å². The first-order valence-corrected chi connectivity index (χ1v) is 8.45. The molecular weight excluding hydrogens is 262 g/mol. The zero-order chi connectivity index (χ0) is 11.5. The molecule has 16 heavy (non-hydrogen) atoms. The molecule has 0 saturated heterocycles. The van der Waals surface area contributed by atoms with E-state index in [1.165, 1.54) is 30.2 Å².